The molecule has 1 heterocycles. The van der Waals surface area contributed by atoms with Gasteiger partial charge in [-0.25, -0.2) is 4.98 Å². The Morgan fingerprint density at radius 2 is 1.29 bits per heavy atom. The van der Waals surface area contributed by atoms with Crippen molar-refractivity contribution in [3.05, 3.63) is 150 Å². The second-order valence-electron chi connectivity index (χ2n) is 13.9. The molecule has 242 valence electrons. The molecule has 1 N–H and O–H groups in total. The zero-order valence-electron chi connectivity index (χ0n) is 28.6. The van der Waals surface area contributed by atoms with Crippen LogP contribution in [0.1, 0.15) is 57.2 Å². The summed E-state index contributed by atoms with van der Waals surface area (Å²) in [6.45, 7) is 11.0. The van der Waals surface area contributed by atoms with Gasteiger partial charge in [0, 0.05) is 22.9 Å². The topological polar surface area (TPSA) is 45.5 Å². The average Bonchev–Trinajstić information content (AvgIpc) is 3.55. The van der Waals surface area contributed by atoms with E-state index < -0.39 is 0 Å². The van der Waals surface area contributed by atoms with Gasteiger partial charge >= 0.3 is 0 Å². The lowest BCUT2D eigenvalue weighted by atomic mass is 9.86. The summed E-state index contributed by atoms with van der Waals surface area (Å²) in [5, 5.41) is 11.5. The van der Waals surface area contributed by atoms with Crippen LogP contribution in [0.5, 0.6) is 5.75 Å². The van der Waals surface area contributed by atoms with E-state index in [0.717, 1.165) is 48.7 Å². The van der Waals surface area contributed by atoms with Crippen LogP contribution < -0.4 is 0 Å². The number of phenols is 1. The Balaban J connectivity index is 1.28. The zero-order chi connectivity index (χ0) is 34.1. The molecule has 0 aliphatic heterocycles. The molecule has 0 amide bonds. The first-order chi connectivity index (χ1) is 23.6. The largest absolute Gasteiger partial charge is 0.507 e. The van der Waals surface area contributed by atoms with Crippen LogP contribution >= 0.6 is 11.3 Å². The molecule has 0 fully saturated rings. The zero-order valence-corrected chi connectivity index (χ0v) is 29.4. The van der Waals surface area contributed by atoms with Gasteiger partial charge in [0.2, 0.25) is 0 Å². The van der Waals surface area contributed by atoms with E-state index >= 15 is 0 Å². The molecule has 0 aliphatic rings. The monoisotopic (exact) mass is 656 g/mol. The number of fused-ring (bicyclic) bond motifs is 1. The van der Waals surface area contributed by atoms with Crippen molar-refractivity contribution >= 4 is 33.5 Å². The van der Waals surface area contributed by atoms with Gasteiger partial charge in [-0.2, -0.15) is 0 Å². The molecule has 0 bridgehead atoms. The van der Waals surface area contributed by atoms with Crippen LogP contribution in [0.15, 0.2) is 138 Å². The predicted octanol–water partition coefficient (Wildman–Crippen LogP) is 12.8. The highest BCUT2D eigenvalue weighted by Gasteiger charge is 2.17. The third kappa shape index (κ3) is 6.83. The summed E-state index contributed by atoms with van der Waals surface area (Å²) < 4.78 is 1.12. The highest BCUT2D eigenvalue weighted by Crippen LogP contribution is 2.42. The molecule has 0 atom stereocenters. The molecule has 6 aromatic carbocycles. The van der Waals surface area contributed by atoms with Gasteiger partial charge in [-0.3, -0.25) is 4.99 Å². The Labute approximate surface area is 293 Å². The van der Waals surface area contributed by atoms with Crippen molar-refractivity contribution in [2.45, 2.75) is 46.0 Å². The van der Waals surface area contributed by atoms with Gasteiger partial charge in [0.1, 0.15) is 10.8 Å². The molecule has 49 heavy (non-hydrogen) atoms. The summed E-state index contributed by atoms with van der Waals surface area (Å²) in [6, 6.07) is 46.6. The number of benzene rings is 6. The summed E-state index contributed by atoms with van der Waals surface area (Å²) in [6.07, 6.45) is 1.76. The van der Waals surface area contributed by atoms with Gasteiger partial charge < -0.3 is 5.11 Å². The van der Waals surface area contributed by atoms with Gasteiger partial charge in [-0.05, 0) is 86.7 Å². The number of para-hydroxylation sites is 1. The Kier molecular flexibility index (Phi) is 8.75. The molecular formula is C45H40N2OS. The van der Waals surface area contributed by atoms with E-state index in [2.05, 4.69) is 126 Å². The van der Waals surface area contributed by atoms with Crippen LogP contribution in [0.2, 0.25) is 0 Å². The fraction of sp³-hybridized carbons (Fsp3) is 0.156. The Morgan fingerprint density at radius 1 is 0.653 bits per heavy atom. The summed E-state index contributed by atoms with van der Waals surface area (Å²) >= 11 is 1.68. The van der Waals surface area contributed by atoms with Crippen LogP contribution in [0.3, 0.4) is 0 Å². The second-order valence-corrected chi connectivity index (χ2v) is 14.9. The van der Waals surface area contributed by atoms with Crippen LogP contribution in [-0.4, -0.2) is 16.3 Å². The van der Waals surface area contributed by atoms with Gasteiger partial charge in [-0.1, -0.05) is 132 Å². The van der Waals surface area contributed by atoms with Crippen molar-refractivity contribution in [2.24, 2.45) is 4.99 Å². The second kappa shape index (κ2) is 13.3. The molecule has 3 nitrogen and oxygen atoms in total. The summed E-state index contributed by atoms with van der Waals surface area (Å²) in [4.78, 5) is 10.1. The maximum atomic E-state index is 10.6. The fourth-order valence-corrected chi connectivity index (χ4v) is 7.16. The van der Waals surface area contributed by atoms with Crippen molar-refractivity contribution < 1.29 is 5.11 Å². The Hall–Kier alpha value is -5.32. The molecule has 4 heteroatoms. The number of rotatable bonds is 7. The molecule has 0 radical (unpaired) electrons. The number of thiazole rings is 1. The van der Waals surface area contributed by atoms with Crippen molar-refractivity contribution in [2.75, 3.05) is 0 Å². The van der Waals surface area contributed by atoms with Crippen molar-refractivity contribution in [1.29, 1.82) is 0 Å². The van der Waals surface area contributed by atoms with Crippen LogP contribution in [-0.2, 0) is 5.41 Å². The molecule has 0 saturated heterocycles. The van der Waals surface area contributed by atoms with E-state index in [1.165, 1.54) is 22.3 Å². The minimum Gasteiger partial charge on any atom is -0.507 e. The number of aromatic nitrogens is 1. The SMILES string of the molecule is CC(C)c1ccc(-c2ccc(-c3cc(-c4ccccc4)c4nc(-c5ccccc5N=Cc5cc(C(C)(C)C)ccc5O)sc4c3)cc2)cc1. The first kappa shape index (κ1) is 32.2. The van der Waals surface area contributed by atoms with E-state index in [1.54, 1.807) is 23.6 Å². The molecule has 7 rings (SSSR count). The quantitative estimate of drug-likeness (QED) is 0.174. The third-order valence-corrected chi connectivity index (χ3v) is 10.1. The first-order valence-corrected chi connectivity index (χ1v) is 17.6. The number of hydrogen-bond acceptors (Lipinski definition) is 4. The van der Waals surface area contributed by atoms with Crippen molar-refractivity contribution in [3.63, 3.8) is 0 Å². The van der Waals surface area contributed by atoms with Gasteiger partial charge in [-0.15, -0.1) is 11.3 Å². The van der Waals surface area contributed by atoms with Crippen LogP contribution in [0.25, 0.3) is 54.2 Å². The molecule has 0 aliphatic carbocycles. The van der Waals surface area contributed by atoms with Gasteiger partial charge in [0.25, 0.3) is 0 Å². The molecular weight excluding hydrogens is 617 g/mol. The maximum Gasteiger partial charge on any atom is 0.126 e. The van der Waals surface area contributed by atoms with E-state index in [4.69, 9.17) is 9.98 Å². The minimum absolute atomic E-state index is 0.0355. The van der Waals surface area contributed by atoms with E-state index in [1.807, 2.05) is 36.4 Å². The van der Waals surface area contributed by atoms with E-state index in [0.29, 0.717) is 11.5 Å². The maximum absolute atomic E-state index is 10.6. The third-order valence-electron chi connectivity index (χ3n) is 9.08. The lowest BCUT2D eigenvalue weighted by Gasteiger charge is -2.19. The number of phenolic OH excluding ortho intramolecular Hbond substituents is 1. The number of hydrogen-bond donors (Lipinski definition) is 1. The standard InChI is InChI=1S/C45H40N2OS/c1-29(2)30-15-17-31(18-16-30)32-19-21-33(22-20-32)35-26-39(34-11-7-6-8-12-34)43-42(27-35)49-44(47-43)38-13-9-10-14-40(38)46-28-36-25-37(45(3,4)5)23-24-41(36)48/h6-29,48H,1-5H3. The normalized spacial score (nSPS) is 12.0. The average molecular weight is 657 g/mol. The van der Waals surface area contributed by atoms with E-state index in [9.17, 15) is 5.11 Å². The highest BCUT2D eigenvalue weighted by molar-refractivity contribution is 7.21. The van der Waals surface area contributed by atoms with Crippen molar-refractivity contribution in [3.8, 4) is 49.7 Å². The molecule has 0 unspecified atom stereocenters. The summed E-state index contributed by atoms with van der Waals surface area (Å²) in [7, 11) is 0. The summed E-state index contributed by atoms with van der Waals surface area (Å²) in [5.74, 6) is 0.732. The minimum atomic E-state index is -0.0355. The Morgan fingerprint density at radius 3 is 1.96 bits per heavy atom. The lowest BCUT2D eigenvalue weighted by Crippen LogP contribution is -2.11. The fourth-order valence-electron chi connectivity index (χ4n) is 6.10. The summed E-state index contributed by atoms with van der Waals surface area (Å²) in [5.41, 5.74) is 12.9. The molecule has 7 aromatic rings. The molecule has 0 saturated carbocycles. The van der Waals surface area contributed by atoms with Gasteiger partial charge in [0.05, 0.1) is 15.9 Å². The van der Waals surface area contributed by atoms with Crippen molar-refractivity contribution in [1.82, 2.24) is 4.98 Å². The first-order valence-electron chi connectivity index (χ1n) is 16.8. The van der Waals surface area contributed by atoms with Crippen LogP contribution in [0.4, 0.5) is 5.69 Å². The number of aliphatic imine (C=N–C) groups is 1. The lowest BCUT2D eigenvalue weighted by molar-refractivity contribution is 0.473. The number of aromatic hydroxyl groups is 1. The molecule has 0 spiro atoms. The smallest absolute Gasteiger partial charge is 0.126 e. The number of nitrogens with zero attached hydrogens (tertiary/aromatic N) is 2. The van der Waals surface area contributed by atoms with Crippen LogP contribution in [0, 0.1) is 0 Å². The van der Waals surface area contributed by atoms with Gasteiger partial charge in [0.15, 0.2) is 0 Å². The van der Waals surface area contributed by atoms with E-state index in [-0.39, 0.29) is 11.2 Å². The predicted molar refractivity (Wildman–Crippen MR) is 210 cm³/mol. The Bertz CT molecular complexity index is 2270. The molecule has 1 aromatic heterocycles. The highest BCUT2D eigenvalue weighted by atomic mass is 32.1.